The third kappa shape index (κ3) is 8.65. The molecule has 0 saturated heterocycles. The molecule has 0 N–H and O–H groups in total. The summed E-state index contributed by atoms with van der Waals surface area (Å²) in [6, 6.07) is 0. The van der Waals surface area contributed by atoms with Crippen LogP contribution in [-0.2, 0) is 0 Å². The standard InChI is InChI=1S/C14H29N/c1-5-7-8-9-10-13(3)11-14(6-2)12-15-4/h13-14H,4-12H2,1-3H3. The Hall–Kier alpha value is -0.330. The number of hydrogen-bond donors (Lipinski definition) is 0. The van der Waals surface area contributed by atoms with E-state index < -0.39 is 0 Å². The zero-order chi connectivity index (χ0) is 11.5. The number of aliphatic imine (C=N–C) groups is 1. The van der Waals surface area contributed by atoms with Gasteiger partial charge in [-0.15, -0.1) is 0 Å². The second kappa shape index (κ2) is 10.2. The fourth-order valence-corrected chi connectivity index (χ4v) is 2.16. The molecule has 15 heavy (non-hydrogen) atoms. The maximum Gasteiger partial charge on any atom is 0.0410 e. The Morgan fingerprint density at radius 1 is 1.13 bits per heavy atom. The summed E-state index contributed by atoms with van der Waals surface area (Å²) in [6.07, 6.45) is 9.54. The van der Waals surface area contributed by atoms with Gasteiger partial charge in [0.15, 0.2) is 0 Å². The highest BCUT2D eigenvalue weighted by Gasteiger charge is 2.10. The molecule has 2 unspecified atom stereocenters. The predicted octanol–water partition coefficient (Wildman–Crippen LogP) is 4.71. The molecule has 1 heteroatoms. The van der Waals surface area contributed by atoms with Crippen LogP contribution in [0.25, 0.3) is 0 Å². The first-order chi connectivity index (χ1) is 7.24. The lowest BCUT2D eigenvalue weighted by Gasteiger charge is -2.17. The van der Waals surface area contributed by atoms with Crippen molar-refractivity contribution in [3.63, 3.8) is 0 Å². The molecule has 0 bridgehead atoms. The Labute approximate surface area is 96.4 Å². The van der Waals surface area contributed by atoms with Crippen molar-refractivity contribution in [2.45, 2.75) is 65.7 Å². The van der Waals surface area contributed by atoms with Crippen LogP contribution in [0.4, 0.5) is 0 Å². The van der Waals surface area contributed by atoms with Crippen LogP contribution in [0.15, 0.2) is 4.99 Å². The number of nitrogens with zero attached hydrogens (tertiary/aromatic N) is 1. The van der Waals surface area contributed by atoms with E-state index in [2.05, 4.69) is 32.5 Å². The molecule has 0 aromatic heterocycles. The van der Waals surface area contributed by atoms with Crippen molar-refractivity contribution >= 4 is 6.72 Å². The van der Waals surface area contributed by atoms with Crippen molar-refractivity contribution < 1.29 is 0 Å². The van der Waals surface area contributed by atoms with Crippen LogP contribution >= 0.6 is 0 Å². The van der Waals surface area contributed by atoms with Crippen molar-refractivity contribution in [1.82, 2.24) is 0 Å². The van der Waals surface area contributed by atoms with Gasteiger partial charge in [-0.2, -0.15) is 0 Å². The maximum atomic E-state index is 4.02. The fourth-order valence-electron chi connectivity index (χ4n) is 2.16. The molecule has 0 aliphatic heterocycles. The molecule has 0 amide bonds. The van der Waals surface area contributed by atoms with Gasteiger partial charge in [0.2, 0.25) is 0 Å². The molecule has 0 fully saturated rings. The molecule has 0 rings (SSSR count). The molecule has 1 nitrogen and oxygen atoms in total. The van der Waals surface area contributed by atoms with Gasteiger partial charge < -0.3 is 4.99 Å². The first-order valence-corrected chi connectivity index (χ1v) is 6.67. The van der Waals surface area contributed by atoms with Gasteiger partial charge in [0.25, 0.3) is 0 Å². The van der Waals surface area contributed by atoms with E-state index >= 15 is 0 Å². The summed E-state index contributed by atoms with van der Waals surface area (Å²) >= 11 is 0. The molecule has 0 aliphatic carbocycles. The summed E-state index contributed by atoms with van der Waals surface area (Å²) in [5.74, 6) is 1.64. The average Bonchev–Trinajstić information content (AvgIpc) is 2.24. The van der Waals surface area contributed by atoms with Gasteiger partial charge in [0.05, 0.1) is 0 Å². The zero-order valence-electron chi connectivity index (χ0n) is 11.0. The van der Waals surface area contributed by atoms with E-state index in [9.17, 15) is 0 Å². The van der Waals surface area contributed by atoms with E-state index in [1.807, 2.05) is 0 Å². The Kier molecular flexibility index (Phi) is 9.97. The summed E-state index contributed by atoms with van der Waals surface area (Å²) < 4.78 is 0. The first-order valence-electron chi connectivity index (χ1n) is 6.67. The normalized spacial score (nSPS) is 14.9. The second-order valence-electron chi connectivity index (χ2n) is 4.87. The molecule has 0 saturated carbocycles. The molecular weight excluding hydrogens is 182 g/mol. The van der Waals surface area contributed by atoms with Crippen LogP contribution in [0.2, 0.25) is 0 Å². The van der Waals surface area contributed by atoms with E-state index in [1.54, 1.807) is 0 Å². The zero-order valence-corrected chi connectivity index (χ0v) is 11.0. The minimum Gasteiger partial charge on any atom is -0.301 e. The van der Waals surface area contributed by atoms with Gasteiger partial charge in [-0.05, 0) is 25.0 Å². The van der Waals surface area contributed by atoms with Crippen molar-refractivity contribution in [2.24, 2.45) is 16.8 Å². The third-order valence-corrected chi connectivity index (χ3v) is 3.25. The molecule has 0 aliphatic rings. The van der Waals surface area contributed by atoms with Gasteiger partial charge in [-0.3, -0.25) is 0 Å². The van der Waals surface area contributed by atoms with Crippen molar-refractivity contribution in [1.29, 1.82) is 0 Å². The van der Waals surface area contributed by atoms with Crippen LogP contribution in [0.5, 0.6) is 0 Å². The Bertz CT molecular complexity index is 142. The average molecular weight is 211 g/mol. The van der Waals surface area contributed by atoms with Gasteiger partial charge in [0.1, 0.15) is 0 Å². The first kappa shape index (κ1) is 14.7. The molecule has 0 radical (unpaired) electrons. The van der Waals surface area contributed by atoms with Crippen molar-refractivity contribution in [3.8, 4) is 0 Å². The molecule has 2 atom stereocenters. The van der Waals surface area contributed by atoms with E-state index in [1.165, 1.54) is 44.9 Å². The molecule has 0 heterocycles. The van der Waals surface area contributed by atoms with Crippen molar-refractivity contribution in [2.75, 3.05) is 6.54 Å². The van der Waals surface area contributed by atoms with Crippen LogP contribution < -0.4 is 0 Å². The van der Waals surface area contributed by atoms with Crippen LogP contribution in [0.1, 0.15) is 65.7 Å². The van der Waals surface area contributed by atoms with Crippen molar-refractivity contribution in [3.05, 3.63) is 0 Å². The number of hydrogen-bond acceptors (Lipinski definition) is 1. The monoisotopic (exact) mass is 211 g/mol. The van der Waals surface area contributed by atoms with Gasteiger partial charge in [-0.1, -0.05) is 59.3 Å². The fraction of sp³-hybridized carbons (Fsp3) is 0.929. The Balaban J connectivity index is 3.51. The lowest BCUT2D eigenvalue weighted by Crippen LogP contribution is -2.09. The van der Waals surface area contributed by atoms with E-state index in [0.29, 0.717) is 0 Å². The van der Waals surface area contributed by atoms with Gasteiger partial charge in [-0.25, -0.2) is 0 Å². The highest BCUT2D eigenvalue weighted by Crippen LogP contribution is 2.21. The highest BCUT2D eigenvalue weighted by atomic mass is 14.7. The predicted molar refractivity (Wildman–Crippen MR) is 70.7 cm³/mol. The molecule has 0 aromatic rings. The molecule has 0 spiro atoms. The van der Waals surface area contributed by atoms with Gasteiger partial charge in [0, 0.05) is 6.54 Å². The largest absolute Gasteiger partial charge is 0.301 e. The topological polar surface area (TPSA) is 12.4 Å². The molecule has 0 aromatic carbocycles. The van der Waals surface area contributed by atoms with E-state index in [0.717, 1.165) is 18.4 Å². The van der Waals surface area contributed by atoms with E-state index in [4.69, 9.17) is 0 Å². The lowest BCUT2D eigenvalue weighted by molar-refractivity contribution is 0.362. The van der Waals surface area contributed by atoms with E-state index in [-0.39, 0.29) is 0 Å². The SMILES string of the molecule is C=NCC(CC)CC(C)CCCCCC. The molecule has 90 valence electrons. The second-order valence-corrected chi connectivity index (χ2v) is 4.87. The minimum absolute atomic E-state index is 0.767. The third-order valence-electron chi connectivity index (χ3n) is 3.25. The number of unbranched alkanes of at least 4 members (excludes halogenated alkanes) is 3. The maximum absolute atomic E-state index is 4.02. The smallest absolute Gasteiger partial charge is 0.0410 e. The summed E-state index contributed by atoms with van der Waals surface area (Å²) in [6.45, 7) is 11.5. The quantitative estimate of drug-likeness (QED) is 0.366. The van der Waals surface area contributed by atoms with Gasteiger partial charge >= 0.3 is 0 Å². The lowest BCUT2D eigenvalue weighted by atomic mass is 9.90. The van der Waals surface area contributed by atoms with Crippen LogP contribution in [0.3, 0.4) is 0 Å². The summed E-state index contributed by atoms with van der Waals surface area (Å²) in [4.78, 5) is 4.02. The summed E-state index contributed by atoms with van der Waals surface area (Å²) in [5.41, 5.74) is 0. The highest BCUT2D eigenvalue weighted by molar-refractivity contribution is 5.23. The summed E-state index contributed by atoms with van der Waals surface area (Å²) in [7, 11) is 0. The minimum atomic E-state index is 0.767. The van der Waals surface area contributed by atoms with Crippen LogP contribution in [-0.4, -0.2) is 13.3 Å². The number of rotatable bonds is 10. The van der Waals surface area contributed by atoms with Crippen LogP contribution in [0, 0.1) is 11.8 Å². The molecular formula is C14H29N. The Morgan fingerprint density at radius 3 is 2.40 bits per heavy atom. The summed E-state index contributed by atoms with van der Waals surface area (Å²) in [5, 5.41) is 0. The Morgan fingerprint density at radius 2 is 1.87 bits per heavy atom.